The fourth-order valence-electron chi connectivity index (χ4n) is 4.87. The molecule has 0 aliphatic rings. The van der Waals surface area contributed by atoms with Gasteiger partial charge in [-0.25, -0.2) is 13.2 Å². The Morgan fingerprint density at radius 3 is 2.02 bits per heavy atom. The molecule has 0 saturated heterocycles. The van der Waals surface area contributed by atoms with Gasteiger partial charge in [-0.05, 0) is 84.5 Å². The van der Waals surface area contributed by atoms with E-state index in [2.05, 4.69) is 69.6 Å². The van der Waals surface area contributed by atoms with E-state index in [9.17, 15) is 23.1 Å². The van der Waals surface area contributed by atoms with E-state index in [0.29, 0.717) is 30.0 Å². The molecule has 0 radical (unpaired) electrons. The summed E-state index contributed by atoms with van der Waals surface area (Å²) in [4.78, 5) is 26.1. The lowest BCUT2D eigenvalue weighted by molar-refractivity contribution is -0.122. The zero-order chi connectivity index (χ0) is 35.0. The van der Waals surface area contributed by atoms with Gasteiger partial charge >= 0.3 is 6.03 Å². The number of anilines is 3. The number of ether oxygens (including phenoxy) is 1. The molecule has 0 aromatic heterocycles. The highest BCUT2D eigenvalue weighted by Crippen LogP contribution is 2.39. The summed E-state index contributed by atoms with van der Waals surface area (Å²) in [5.74, 6) is 0.146. The molecular weight excluding hydrogens is 614 g/mol. The van der Waals surface area contributed by atoms with Gasteiger partial charge in [-0.2, -0.15) is 0 Å². The van der Waals surface area contributed by atoms with Crippen molar-refractivity contribution in [1.29, 1.82) is 0 Å². The molecule has 3 aromatic carbocycles. The number of carbonyl (C=O) groups is 2. The number of nitrogens with one attached hydrogen (secondary N) is 3. The largest absolute Gasteiger partial charge is 0.506 e. The molecule has 0 fully saturated rings. The summed E-state index contributed by atoms with van der Waals surface area (Å²) in [6.45, 7) is 16.9. The van der Waals surface area contributed by atoms with Crippen LogP contribution in [0.15, 0.2) is 65.6 Å². The molecule has 3 rings (SSSR count). The standard InChI is InChI=1S/C37H51N3O6S/c1-9-13-22-47(44,45)28-18-15-26(16-19-28)39-35(43)40-30-20-17-27(24-31(30)41)38-34(42)32(10-2)46-33-21-14-25(36(5,6)11-3)23-29(33)37(7,8)12-4/h14-21,23-24,32,41H,9-13,22H2,1-8H3,(H,38,42)(H2,39,40,43). The van der Waals surface area contributed by atoms with Crippen molar-refractivity contribution in [1.82, 2.24) is 0 Å². The van der Waals surface area contributed by atoms with Crippen LogP contribution in [0.25, 0.3) is 0 Å². The molecule has 0 spiro atoms. The summed E-state index contributed by atoms with van der Waals surface area (Å²) in [6, 6.07) is 16.0. The summed E-state index contributed by atoms with van der Waals surface area (Å²) in [5.41, 5.74) is 2.99. The van der Waals surface area contributed by atoms with Crippen molar-refractivity contribution in [2.24, 2.45) is 0 Å². The van der Waals surface area contributed by atoms with Crippen LogP contribution in [0.4, 0.5) is 21.9 Å². The van der Waals surface area contributed by atoms with E-state index in [0.717, 1.165) is 24.8 Å². The molecule has 3 aromatic rings. The lowest BCUT2D eigenvalue weighted by Crippen LogP contribution is -2.33. The summed E-state index contributed by atoms with van der Waals surface area (Å²) < 4.78 is 31.1. The van der Waals surface area contributed by atoms with Crippen LogP contribution in [0, 0.1) is 0 Å². The Morgan fingerprint density at radius 2 is 1.45 bits per heavy atom. The minimum absolute atomic E-state index is 0.00683. The van der Waals surface area contributed by atoms with Gasteiger partial charge in [0.15, 0.2) is 15.9 Å². The number of benzene rings is 3. The first-order valence-corrected chi connectivity index (χ1v) is 18.1. The number of carbonyl (C=O) groups excluding carboxylic acids is 2. The van der Waals surface area contributed by atoms with E-state index in [1.165, 1.54) is 42.0 Å². The van der Waals surface area contributed by atoms with Crippen molar-refractivity contribution in [2.75, 3.05) is 21.7 Å². The number of phenolic OH excluding ortho intramolecular Hbond substituents is 1. The second kappa shape index (κ2) is 15.7. The second-order valence-corrected chi connectivity index (χ2v) is 15.3. The number of amides is 3. The van der Waals surface area contributed by atoms with E-state index >= 15 is 0 Å². The molecule has 0 aliphatic carbocycles. The van der Waals surface area contributed by atoms with Crippen molar-refractivity contribution in [3.8, 4) is 11.5 Å². The molecule has 47 heavy (non-hydrogen) atoms. The van der Waals surface area contributed by atoms with E-state index in [-0.39, 0.29) is 38.8 Å². The lowest BCUT2D eigenvalue weighted by Gasteiger charge is -2.31. The molecule has 0 saturated carbocycles. The lowest BCUT2D eigenvalue weighted by atomic mass is 9.76. The smallest absolute Gasteiger partial charge is 0.323 e. The molecule has 9 nitrogen and oxygen atoms in total. The van der Waals surface area contributed by atoms with E-state index < -0.39 is 22.0 Å². The van der Waals surface area contributed by atoms with E-state index in [1.54, 1.807) is 6.07 Å². The van der Waals surface area contributed by atoms with Crippen LogP contribution in [0.2, 0.25) is 0 Å². The van der Waals surface area contributed by atoms with Gasteiger partial charge < -0.3 is 25.8 Å². The predicted octanol–water partition coefficient (Wildman–Crippen LogP) is 8.78. The Bertz CT molecular complexity index is 1650. The Hall–Kier alpha value is -4.05. The van der Waals surface area contributed by atoms with Crippen LogP contribution >= 0.6 is 0 Å². The van der Waals surface area contributed by atoms with Gasteiger partial charge in [0.2, 0.25) is 0 Å². The Kier molecular flexibility index (Phi) is 12.5. The molecule has 0 heterocycles. The zero-order valence-corrected chi connectivity index (χ0v) is 29.8. The van der Waals surface area contributed by atoms with Gasteiger partial charge in [-0.15, -0.1) is 0 Å². The molecule has 1 atom stereocenters. The molecule has 0 bridgehead atoms. The van der Waals surface area contributed by atoms with Gasteiger partial charge in [-0.3, -0.25) is 4.79 Å². The number of sulfone groups is 1. The highest BCUT2D eigenvalue weighted by Gasteiger charge is 2.29. The number of rotatable bonds is 15. The van der Waals surface area contributed by atoms with Crippen molar-refractivity contribution < 1.29 is 27.9 Å². The Balaban J connectivity index is 1.68. The molecule has 0 aliphatic heterocycles. The first kappa shape index (κ1) is 37.4. The number of hydrogen-bond acceptors (Lipinski definition) is 6. The molecule has 256 valence electrons. The SMILES string of the molecule is CCCCS(=O)(=O)c1ccc(NC(=O)Nc2ccc(NC(=O)C(CC)Oc3ccc(C(C)(C)CC)cc3C(C)(C)CC)cc2O)cc1. The number of phenols is 1. The van der Waals surface area contributed by atoms with Crippen LogP contribution in [0.3, 0.4) is 0 Å². The summed E-state index contributed by atoms with van der Waals surface area (Å²) in [7, 11) is -3.37. The highest BCUT2D eigenvalue weighted by molar-refractivity contribution is 7.91. The normalized spacial score (nSPS) is 12.7. The quantitative estimate of drug-likeness (QED) is 0.120. The van der Waals surface area contributed by atoms with Crippen LogP contribution < -0.4 is 20.7 Å². The maximum Gasteiger partial charge on any atom is 0.323 e. The van der Waals surface area contributed by atoms with Crippen LogP contribution in [-0.4, -0.2) is 37.3 Å². The maximum atomic E-state index is 13.3. The van der Waals surface area contributed by atoms with E-state index in [1.807, 2.05) is 19.9 Å². The fraction of sp³-hybridized carbons (Fsp3) is 0.459. The molecule has 1 unspecified atom stereocenters. The molecule has 10 heteroatoms. The van der Waals surface area contributed by atoms with Gasteiger partial charge in [0, 0.05) is 23.0 Å². The average Bonchev–Trinajstić information content (AvgIpc) is 3.04. The van der Waals surface area contributed by atoms with Crippen molar-refractivity contribution in [3.63, 3.8) is 0 Å². The molecular formula is C37H51N3O6S. The highest BCUT2D eigenvalue weighted by atomic mass is 32.2. The third-order valence-corrected chi connectivity index (χ3v) is 10.8. The van der Waals surface area contributed by atoms with Crippen molar-refractivity contribution in [3.05, 3.63) is 71.8 Å². The summed E-state index contributed by atoms with van der Waals surface area (Å²) in [5, 5.41) is 18.6. The van der Waals surface area contributed by atoms with Crippen LogP contribution in [0.5, 0.6) is 11.5 Å². The van der Waals surface area contributed by atoms with Crippen molar-refractivity contribution in [2.45, 2.75) is 109 Å². The number of unbranched alkanes of at least 4 members (excludes halogenated alkanes) is 1. The van der Waals surface area contributed by atoms with Gasteiger partial charge in [-0.1, -0.05) is 73.9 Å². The molecule has 3 amide bonds. The Morgan fingerprint density at radius 1 is 0.809 bits per heavy atom. The summed E-state index contributed by atoms with van der Waals surface area (Å²) in [6.07, 6.45) is 2.90. The zero-order valence-electron chi connectivity index (χ0n) is 29.0. The van der Waals surface area contributed by atoms with E-state index in [4.69, 9.17) is 4.74 Å². The fourth-order valence-corrected chi connectivity index (χ4v) is 6.33. The minimum Gasteiger partial charge on any atom is -0.506 e. The van der Waals surface area contributed by atoms with Gasteiger partial charge in [0.1, 0.15) is 11.5 Å². The molecule has 4 N–H and O–H groups in total. The monoisotopic (exact) mass is 665 g/mol. The third kappa shape index (κ3) is 9.73. The van der Waals surface area contributed by atoms with Crippen LogP contribution in [-0.2, 0) is 25.5 Å². The summed E-state index contributed by atoms with van der Waals surface area (Å²) >= 11 is 0. The topological polar surface area (TPSA) is 134 Å². The predicted molar refractivity (Wildman–Crippen MR) is 191 cm³/mol. The van der Waals surface area contributed by atoms with Crippen molar-refractivity contribution >= 4 is 38.8 Å². The number of urea groups is 1. The maximum absolute atomic E-state index is 13.3. The number of aromatic hydroxyl groups is 1. The second-order valence-electron chi connectivity index (χ2n) is 13.2. The van der Waals surface area contributed by atoms with Crippen LogP contribution in [0.1, 0.15) is 98.6 Å². The first-order chi connectivity index (χ1) is 22.1. The third-order valence-electron chi connectivity index (χ3n) is 8.94. The minimum atomic E-state index is -3.37. The average molecular weight is 666 g/mol. The number of hydrogen-bond donors (Lipinski definition) is 4. The van der Waals surface area contributed by atoms with Gasteiger partial charge in [0.05, 0.1) is 16.3 Å². The Labute approximate surface area is 280 Å². The van der Waals surface area contributed by atoms with Gasteiger partial charge in [0.25, 0.3) is 5.91 Å². The first-order valence-electron chi connectivity index (χ1n) is 16.4.